The molecule has 5 nitrogen and oxygen atoms in total. The fourth-order valence-electron chi connectivity index (χ4n) is 4.71. The molecule has 0 radical (unpaired) electrons. The highest BCUT2D eigenvalue weighted by Crippen LogP contribution is 2.45. The number of aromatic hydroxyl groups is 1. The standard InChI is InChI=1S/C25H21BBr2F2N3O2/c1-14-12-18(10-7-16-13-20(35-2)25(34)23(28)22(16)27)33-24(14)21(15-5-8-17(31)9-6-15)19-4-3-11-32(19)26(33,29)30/h3-10,12-13,34H,11,31H2,1-2H3/q-1/b10-7+. The normalized spacial score (nSPS) is 16.2. The molecule has 1 aromatic heterocycles. The molecule has 5 rings (SSSR count). The van der Waals surface area contributed by atoms with Crippen LogP contribution in [0.15, 0.2) is 63.2 Å². The van der Waals surface area contributed by atoms with Gasteiger partial charge in [-0.3, -0.25) is 0 Å². The number of benzene rings is 2. The van der Waals surface area contributed by atoms with Gasteiger partial charge in [0.15, 0.2) is 11.5 Å². The highest BCUT2D eigenvalue weighted by Gasteiger charge is 2.44. The monoisotopic (exact) mass is 602 g/mol. The van der Waals surface area contributed by atoms with Crippen molar-refractivity contribution in [3.63, 3.8) is 0 Å². The number of rotatable bonds is 4. The van der Waals surface area contributed by atoms with E-state index >= 15 is 8.63 Å². The Kier molecular flexibility index (Phi) is 5.84. The zero-order valence-electron chi connectivity index (χ0n) is 18.9. The molecule has 0 amide bonds. The van der Waals surface area contributed by atoms with Gasteiger partial charge in [0.1, 0.15) is 0 Å². The number of phenolic OH excluding ortho intramolecular Hbond substituents is 1. The van der Waals surface area contributed by atoms with E-state index in [1.165, 1.54) is 11.9 Å². The van der Waals surface area contributed by atoms with E-state index in [9.17, 15) is 5.11 Å². The minimum atomic E-state index is -4.08. The van der Waals surface area contributed by atoms with Crippen LogP contribution in [0.5, 0.6) is 11.5 Å². The highest BCUT2D eigenvalue weighted by molar-refractivity contribution is 9.13. The second-order valence-electron chi connectivity index (χ2n) is 8.47. The van der Waals surface area contributed by atoms with E-state index in [0.29, 0.717) is 37.3 Å². The van der Waals surface area contributed by atoms with E-state index in [1.54, 1.807) is 48.6 Å². The van der Waals surface area contributed by atoms with Crippen molar-refractivity contribution in [3.05, 3.63) is 91.3 Å². The first kappa shape index (κ1) is 23.8. The summed E-state index contributed by atoms with van der Waals surface area (Å²) >= 11 is 6.79. The summed E-state index contributed by atoms with van der Waals surface area (Å²) in [6, 6.07) is 10.7. The van der Waals surface area contributed by atoms with Crippen LogP contribution in [0.1, 0.15) is 28.1 Å². The summed E-state index contributed by atoms with van der Waals surface area (Å²) < 4.78 is 39.3. The van der Waals surface area contributed by atoms with Crippen LogP contribution in [0.3, 0.4) is 0 Å². The van der Waals surface area contributed by atoms with Crippen molar-refractivity contribution in [2.75, 3.05) is 19.4 Å². The number of hydrogen-bond acceptors (Lipinski definition) is 4. The molecule has 0 atom stereocenters. The summed E-state index contributed by atoms with van der Waals surface area (Å²) in [5, 5.41) is 10.2. The van der Waals surface area contributed by atoms with Gasteiger partial charge in [0.05, 0.1) is 11.6 Å². The fraction of sp³-hybridized carbons (Fsp3) is 0.120. The number of aromatic nitrogens is 1. The van der Waals surface area contributed by atoms with Gasteiger partial charge in [-0.25, -0.2) is 0 Å². The fourth-order valence-corrected chi connectivity index (χ4v) is 5.57. The Hall–Kier alpha value is -2.98. The van der Waals surface area contributed by atoms with E-state index in [1.807, 2.05) is 19.1 Å². The van der Waals surface area contributed by atoms with Gasteiger partial charge in [0.25, 0.3) is 0 Å². The lowest BCUT2D eigenvalue weighted by Gasteiger charge is -2.46. The summed E-state index contributed by atoms with van der Waals surface area (Å²) in [7, 11) is 1.45. The van der Waals surface area contributed by atoms with Gasteiger partial charge in [-0.15, -0.1) is 0 Å². The zero-order valence-corrected chi connectivity index (χ0v) is 22.1. The lowest BCUT2D eigenvalue weighted by atomic mass is 9.84. The number of fused-ring (bicyclic) bond motifs is 2. The maximum atomic E-state index is 16.0. The van der Waals surface area contributed by atoms with Gasteiger partial charge >= 0.3 is 6.97 Å². The van der Waals surface area contributed by atoms with Crippen molar-refractivity contribution >= 4 is 62.2 Å². The highest BCUT2D eigenvalue weighted by atomic mass is 79.9. The number of nitrogen functional groups attached to an aromatic ring is 1. The Bertz CT molecular complexity index is 1450. The summed E-state index contributed by atoms with van der Waals surface area (Å²) in [5.74, 6) is 0.221. The maximum Gasteiger partial charge on any atom is 0.529 e. The molecule has 0 fully saturated rings. The Labute approximate surface area is 218 Å². The lowest BCUT2D eigenvalue weighted by molar-refractivity contribution is 0.371. The van der Waals surface area contributed by atoms with Crippen molar-refractivity contribution < 1.29 is 18.5 Å². The average molecular weight is 604 g/mol. The molecule has 0 saturated carbocycles. The Morgan fingerprint density at radius 2 is 1.83 bits per heavy atom. The molecule has 3 heterocycles. The summed E-state index contributed by atoms with van der Waals surface area (Å²) in [6.07, 6.45) is 6.90. The minimum absolute atomic E-state index is 0.0466. The molecule has 0 saturated heterocycles. The van der Waals surface area contributed by atoms with Crippen molar-refractivity contribution in [2.45, 2.75) is 6.92 Å². The maximum absolute atomic E-state index is 16.0. The topological polar surface area (TPSA) is 63.7 Å². The number of methoxy groups -OCH3 is 1. The van der Waals surface area contributed by atoms with E-state index in [0.717, 1.165) is 21.2 Å². The molecule has 0 aliphatic carbocycles. The number of nitrogens with two attached hydrogens (primary N) is 1. The number of aryl methyl sites for hydroxylation is 1. The summed E-state index contributed by atoms with van der Waals surface area (Å²) in [4.78, 5) is 1.17. The summed E-state index contributed by atoms with van der Waals surface area (Å²) in [6.45, 7) is -2.10. The van der Waals surface area contributed by atoms with E-state index < -0.39 is 6.97 Å². The zero-order chi connectivity index (χ0) is 25.1. The molecule has 0 unspecified atom stereocenters. The predicted octanol–water partition coefficient (Wildman–Crippen LogP) is 6.66. The van der Waals surface area contributed by atoms with Gasteiger partial charge in [-0.1, -0.05) is 24.3 Å². The first-order chi connectivity index (χ1) is 16.6. The minimum Gasteiger partial charge on any atom is -0.503 e. The number of nitrogens with zero attached hydrogens (tertiary/aromatic N) is 2. The third kappa shape index (κ3) is 3.70. The van der Waals surface area contributed by atoms with Crippen LogP contribution in [0.2, 0.25) is 0 Å². The third-order valence-corrected chi connectivity index (χ3v) is 8.51. The van der Waals surface area contributed by atoms with Crippen LogP contribution in [-0.4, -0.2) is 35.0 Å². The largest absolute Gasteiger partial charge is 0.529 e. The van der Waals surface area contributed by atoms with Crippen LogP contribution < -0.4 is 10.5 Å². The number of anilines is 1. The molecule has 10 heteroatoms. The van der Waals surface area contributed by atoms with Gasteiger partial charge in [0.2, 0.25) is 0 Å². The molecule has 3 N–H and O–H groups in total. The Morgan fingerprint density at radius 1 is 1.11 bits per heavy atom. The summed E-state index contributed by atoms with van der Waals surface area (Å²) in [5.41, 5.74) is 10.8. The second-order valence-corrected chi connectivity index (χ2v) is 10.1. The van der Waals surface area contributed by atoms with Gasteiger partial charge in [0, 0.05) is 39.4 Å². The third-order valence-electron chi connectivity index (χ3n) is 6.35. The Balaban J connectivity index is 1.70. The number of ether oxygens (including phenoxy) is 1. The van der Waals surface area contributed by atoms with Gasteiger partial charge in [-0.2, -0.15) is 0 Å². The molecular formula is C25H21BBr2F2N3O2-. The lowest BCUT2D eigenvalue weighted by Crippen LogP contribution is -2.54. The molecular weight excluding hydrogens is 583 g/mol. The second kappa shape index (κ2) is 8.60. The molecule has 2 aliphatic rings. The molecule has 3 aromatic rings. The van der Waals surface area contributed by atoms with Crippen LogP contribution in [0, 0.1) is 6.92 Å². The van der Waals surface area contributed by atoms with Crippen molar-refractivity contribution in [3.8, 4) is 11.5 Å². The molecule has 0 bridgehead atoms. The first-order valence-corrected chi connectivity index (χ1v) is 12.4. The Morgan fingerprint density at radius 3 is 2.51 bits per heavy atom. The van der Waals surface area contributed by atoms with Crippen LogP contribution in [-0.2, 0) is 0 Å². The number of phenols is 1. The number of halogens is 4. The van der Waals surface area contributed by atoms with Gasteiger partial charge < -0.3 is 33.5 Å². The smallest absolute Gasteiger partial charge is 0.503 e. The van der Waals surface area contributed by atoms with Crippen molar-refractivity contribution in [2.24, 2.45) is 0 Å². The van der Waals surface area contributed by atoms with E-state index in [-0.39, 0.29) is 18.0 Å². The molecule has 180 valence electrons. The van der Waals surface area contributed by atoms with Crippen molar-refractivity contribution in [1.29, 1.82) is 0 Å². The average Bonchev–Trinajstić information content (AvgIpc) is 3.45. The number of hydrogen-bond donors (Lipinski definition) is 2. The molecule has 0 spiro atoms. The molecule has 2 aromatic carbocycles. The molecule has 2 aliphatic heterocycles. The van der Waals surface area contributed by atoms with Gasteiger partial charge in [-0.05, 0) is 91.9 Å². The first-order valence-electron chi connectivity index (χ1n) is 10.9. The van der Waals surface area contributed by atoms with Crippen LogP contribution in [0.4, 0.5) is 14.3 Å². The predicted molar refractivity (Wildman–Crippen MR) is 144 cm³/mol. The van der Waals surface area contributed by atoms with Crippen molar-refractivity contribution in [1.82, 2.24) is 9.29 Å². The van der Waals surface area contributed by atoms with Crippen LogP contribution in [0.25, 0.3) is 17.7 Å². The van der Waals surface area contributed by atoms with E-state index in [2.05, 4.69) is 31.9 Å². The van der Waals surface area contributed by atoms with E-state index in [4.69, 9.17) is 10.5 Å². The van der Waals surface area contributed by atoms with Crippen LogP contribution >= 0.6 is 31.9 Å². The quantitative estimate of drug-likeness (QED) is 0.259. The molecule has 35 heavy (non-hydrogen) atoms. The number of allylic oxidation sites excluding steroid dienone is 1. The SMILES string of the molecule is COc1cc(/C=C/c2cc(C)c3n2[B-](F)(F)N2CC=CC2=C3c2ccc(N)cc2)c(Br)c(Br)c1O.